The van der Waals surface area contributed by atoms with Gasteiger partial charge in [0.1, 0.15) is 0 Å². The zero-order valence-corrected chi connectivity index (χ0v) is 24.6. The summed E-state index contributed by atoms with van der Waals surface area (Å²) in [5.74, 6) is 5.23. The predicted octanol–water partition coefficient (Wildman–Crippen LogP) is 4.28. The van der Waals surface area contributed by atoms with Crippen molar-refractivity contribution in [3.05, 3.63) is 84.9 Å². The van der Waals surface area contributed by atoms with E-state index in [-0.39, 0.29) is 0 Å². The van der Waals surface area contributed by atoms with Crippen LogP contribution in [-0.2, 0) is 0 Å². The number of fused-ring (bicyclic) bond motifs is 2. The van der Waals surface area contributed by atoms with Crippen LogP contribution in [0.3, 0.4) is 0 Å². The summed E-state index contributed by atoms with van der Waals surface area (Å²) in [6.07, 6.45) is 0. The maximum atomic E-state index is 4.45. The second-order valence-corrected chi connectivity index (χ2v) is 12.6. The van der Waals surface area contributed by atoms with Crippen LogP contribution in [0.4, 0.5) is 11.6 Å². The lowest BCUT2D eigenvalue weighted by molar-refractivity contribution is 0.386. The lowest BCUT2D eigenvalue weighted by atomic mass is 10.0. The maximum absolute atomic E-state index is 4.45. The highest BCUT2D eigenvalue weighted by molar-refractivity contribution is 5.60. The largest absolute Gasteiger partial charge is 0.354 e. The molecule has 0 aliphatic carbocycles. The molecular formula is C34H40N8. The number of hydrogen-bond acceptors (Lipinski definition) is 8. The standard InChI is InChI=1S/2C17H20N4/c2*1-20-9-14-11-21(12-15(14)10-20)17-8-7-16(18-19-17)13-5-3-2-4-6-13/h2*2-8,14-15H,9-12H2,1H3/t2*14-,15+. The first-order valence-corrected chi connectivity index (χ1v) is 15.2. The van der Waals surface area contributed by atoms with Crippen LogP contribution in [0.15, 0.2) is 84.9 Å². The van der Waals surface area contributed by atoms with Crippen LogP contribution in [0.1, 0.15) is 0 Å². The Morgan fingerprint density at radius 2 is 0.786 bits per heavy atom. The highest BCUT2D eigenvalue weighted by Gasteiger charge is 2.40. The molecule has 0 bridgehead atoms. The predicted molar refractivity (Wildman–Crippen MR) is 168 cm³/mol. The van der Waals surface area contributed by atoms with Crippen molar-refractivity contribution in [2.45, 2.75) is 0 Å². The SMILES string of the molecule is CN1C[C@@H]2CN(c3ccc(-c4ccccc4)nn3)C[C@@H]2C1.CN1C[C@@H]2CN(c3ccc(-c4ccccc4)nn3)C[C@@H]2C1. The molecule has 0 N–H and O–H groups in total. The van der Waals surface area contributed by atoms with Crippen LogP contribution in [0, 0.1) is 23.7 Å². The van der Waals surface area contributed by atoms with Gasteiger partial charge in [0.25, 0.3) is 0 Å². The van der Waals surface area contributed by atoms with Crippen molar-refractivity contribution in [1.29, 1.82) is 0 Å². The van der Waals surface area contributed by atoms with Crippen LogP contribution in [0.25, 0.3) is 22.5 Å². The van der Waals surface area contributed by atoms with E-state index in [4.69, 9.17) is 0 Å². The molecule has 8 rings (SSSR count). The molecule has 0 radical (unpaired) electrons. The zero-order valence-electron chi connectivity index (χ0n) is 24.6. The summed E-state index contributed by atoms with van der Waals surface area (Å²) in [4.78, 5) is 9.67. The minimum atomic E-state index is 0.797. The number of anilines is 2. The van der Waals surface area contributed by atoms with Gasteiger partial charge in [-0.25, -0.2) is 0 Å². The summed E-state index contributed by atoms with van der Waals surface area (Å²) in [5.41, 5.74) is 4.13. The van der Waals surface area contributed by atoms with Gasteiger partial charge in [0.15, 0.2) is 11.6 Å². The lowest BCUT2D eigenvalue weighted by Gasteiger charge is -2.19. The van der Waals surface area contributed by atoms with Crippen molar-refractivity contribution in [1.82, 2.24) is 30.2 Å². The Bertz CT molecular complexity index is 1310. The minimum Gasteiger partial charge on any atom is -0.354 e. The van der Waals surface area contributed by atoms with E-state index in [0.29, 0.717) is 0 Å². The molecule has 4 aromatic rings. The normalized spacial score (nSPS) is 25.3. The summed E-state index contributed by atoms with van der Waals surface area (Å²) < 4.78 is 0. The van der Waals surface area contributed by atoms with Crippen molar-refractivity contribution in [3.63, 3.8) is 0 Å². The fourth-order valence-corrected chi connectivity index (χ4v) is 7.34. The third-order valence-corrected chi connectivity index (χ3v) is 9.43. The van der Waals surface area contributed by atoms with Gasteiger partial charge in [-0.15, -0.1) is 20.4 Å². The molecule has 0 unspecified atom stereocenters. The fraction of sp³-hybridized carbons (Fsp3) is 0.412. The van der Waals surface area contributed by atoms with E-state index in [1.807, 2.05) is 36.4 Å². The van der Waals surface area contributed by atoms with E-state index in [0.717, 1.165) is 84.0 Å². The number of benzene rings is 2. The van der Waals surface area contributed by atoms with Crippen molar-refractivity contribution >= 4 is 11.6 Å². The molecule has 42 heavy (non-hydrogen) atoms. The summed E-state index contributed by atoms with van der Waals surface area (Å²) in [6.45, 7) is 9.35. The van der Waals surface area contributed by atoms with Crippen molar-refractivity contribution in [2.24, 2.45) is 23.7 Å². The number of likely N-dealkylation sites (tertiary alicyclic amines) is 2. The smallest absolute Gasteiger partial charge is 0.151 e. The maximum Gasteiger partial charge on any atom is 0.151 e. The number of nitrogens with zero attached hydrogens (tertiary/aromatic N) is 8. The zero-order chi connectivity index (χ0) is 28.5. The van der Waals surface area contributed by atoms with E-state index >= 15 is 0 Å². The second kappa shape index (κ2) is 11.8. The molecule has 0 saturated carbocycles. The minimum absolute atomic E-state index is 0.797. The molecule has 216 valence electrons. The Morgan fingerprint density at radius 1 is 0.429 bits per heavy atom. The van der Waals surface area contributed by atoms with Crippen LogP contribution in [0.5, 0.6) is 0 Å². The Labute approximate surface area is 249 Å². The summed E-state index contributed by atoms with van der Waals surface area (Å²) in [6, 6.07) is 28.8. The molecule has 4 aliphatic rings. The monoisotopic (exact) mass is 560 g/mol. The molecule has 8 heteroatoms. The van der Waals surface area contributed by atoms with Crippen molar-refractivity contribution in [3.8, 4) is 22.5 Å². The van der Waals surface area contributed by atoms with E-state index < -0.39 is 0 Å². The van der Waals surface area contributed by atoms with Crippen LogP contribution in [0.2, 0.25) is 0 Å². The van der Waals surface area contributed by atoms with Crippen LogP contribution >= 0.6 is 0 Å². The third kappa shape index (κ3) is 5.74. The molecule has 4 aliphatic heterocycles. The Morgan fingerprint density at radius 3 is 1.10 bits per heavy atom. The summed E-state index contributed by atoms with van der Waals surface area (Å²) in [5, 5.41) is 17.7. The summed E-state index contributed by atoms with van der Waals surface area (Å²) >= 11 is 0. The first-order valence-electron chi connectivity index (χ1n) is 15.2. The van der Waals surface area contributed by atoms with Gasteiger partial charge in [0.05, 0.1) is 11.4 Å². The summed E-state index contributed by atoms with van der Waals surface area (Å²) in [7, 11) is 4.44. The highest BCUT2D eigenvalue weighted by Crippen LogP contribution is 2.34. The fourth-order valence-electron chi connectivity index (χ4n) is 7.34. The molecule has 6 heterocycles. The van der Waals surface area contributed by atoms with E-state index in [2.05, 4.69) is 103 Å². The molecule has 2 aromatic carbocycles. The van der Waals surface area contributed by atoms with E-state index in [1.165, 1.54) is 26.2 Å². The number of aromatic nitrogens is 4. The molecule has 8 nitrogen and oxygen atoms in total. The van der Waals surface area contributed by atoms with Gasteiger partial charge in [-0.05, 0) is 62.0 Å². The topological polar surface area (TPSA) is 64.5 Å². The van der Waals surface area contributed by atoms with Gasteiger partial charge in [0.2, 0.25) is 0 Å². The van der Waals surface area contributed by atoms with Gasteiger partial charge in [-0.1, -0.05) is 60.7 Å². The van der Waals surface area contributed by atoms with Crippen molar-refractivity contribution in [2.75, 3.05) is 76.3 Å². The lowest BCUT2D eigenvalue weighted by Crippen LogP contribution is -2.27. The molecule has 4 fully saturated rings. The van der Waals surface area contributed by atoms with Gasteiger partial charge in [-0.2, -0.15) is 0 Å². The Balaban J connectivity index is 0.000000137. The molecule has 2 aromatic heterocycles. The van der Waals surface area contributed by atoms with Crippen LogP contribution < -0.4 is 9.80 Å². The number of hydrogen-bond donors (Lipinski definition) is 0. The first kappa shape index (κ1) is 27.0. The van der Waals surface area contributed by atoms with Crippen LogP contribution in [-0.4, -0.2) is 96.6 Å². The second-order valence-electron chi connectivity index (χ2n) is 12.6. The Hall–Kier alpha value is -3.88. The van der Waals surface area contributed by atoms with Gasteiger partial charge in [0, 0.05) is 63.5 Å². The first-order chi connectivity index (χ1) is 20.6. The molecule has 0 amide bonds. The average molecular weight is 561 g/mol. The molecule has 4 saturated heterocycles. The molecule has 0 spiro atoms. The average Bonchev–Trinajstić information content (AvgIpc) is 3.78. The van der Waals surface area contributed by atoms with Crippen molar-refractivity contribution < 1.29 is 0 Å². The van der Waals surface area contributed by atoms with E-state index in [9.17, 15) is 0 Å². The highest BCUT2D eigenvalue weighted by atomic mass is 15.3. The van der Waals surface area contributed by atoms with Gasteiger partial charge < -0.3 is 19.6 Å². The third-order valence-electron chi connectivity index (χ3n) is 9.43. The molecule has 4 atom stereocenters. The Kier molecular flexibility index (Phi) is 7.57. The van der Waals surface area contributed by atoms with Gasteiger partial charge >= 0.3 is 0 Å². The molecular weight excluding hydrogens is 520 g/mol. The van der Waals surface area contributed by atoms with E-state index in [1.54, 1.807) is 0 Å². The van der Waals surface area contributed by atoms with Gasteiger partial charge in [-0.3, -0.25) is 0 Å². The number of rotatable bonds is 4. The quantitative estimate of drug-likeness (QED) is 0.367.